The van der Waals surface area contributed by atoms with Crippen molar-refractivity contribution in [2.45, 2.75) is 0 Å². The quantitative estimate of drug-likeness (QED) is 0.461. The summed E-state index contributed by atoms with van der Waals surface area (Å²) in [6.45, 7) is 0.161. The number of hydrogen-bond acceptors (Lipinski definition) is 3. The first-order valence-corrected chi connectivity index (χ1v) is 10.2. The first-order chi connectivity index (χ1) is 12.4. The molecule has 3 nitrogen and oxygen atoms in total. The van der Waals surface area contributed by atoms with Crippen LogP contribution in [0.1, 0.15) is 0 Å². The van der Waals surface area contributed by atoms with Gasteiger partial charge in [0.05, 0.1) is 19.4 Å². The minimum atomic E-state index is -1.99. The number of ether oxygens (including phenoxy) is 1. The van der Waals surface area contributed by atoms with Crippen LogP contribution in [-0.2, 0) is 4.74 Å². The molecule has 0 saturated heterocycles. The van der Waals surface area contributed by atoms with Crippen LogP contribution in [0.2, 0.25) is 0 Å². The van der Waals surface area contributed by atoms with Crippen molar-refractivity contribution in [3.63, 3.8) is 0 Å². The molecule has 0 N–H and O–H groups in total. The molecule has 0 amide bonds. The Kier molecular flexibility index (Phi) is 6.21. The monoisotopic (exact) mass is 354 g/mol. The van der Waals surface area contributed by atoms with Crippen molar-refractivity contribution in [1.82, 2.24) is 9.97 Å². The molecule has 3 rings (SSSR count). The molecule has 0 spiro atoms. The van der Waals surface area contributed by atoms with Crippen LogP contribution in [0.3, 0.4) is 0 Å². The van der Waals surface area contributed by atoms with Gasteiger partial charge in [-0.05, 0) is 24.3 Å². The zero-order valence-electron chi connectivity index (χ0n) is 14.0. The zero-order chi connectivity index (χ0) is 17.4. The van der Waals surface area contributed by atoms with Crippen molar-refractivity contribution >= 4 is 23.3 Å². The third-order valence-corrected chi connectivity index (χ3v) is 8.40. The van der Waals surface area contributed by atoms with Crippen molar-refractivity contribution in [2.75, 3.05) is 26.1 Å². The van der Waals surface area contributed by atoms with Gasteiger partial charge in [0.15, 0.2) is 5.44 Å². The number of halogens is 1. The molecular weight excluding hydrogens is 333 g/mol. The van der Waals surface area contributed by atoms with Crippen molar-refractivity contribution < 1.29 is 9.13 Å². The maximum absolute atomic E-state index is 12.4. The van der Waals surface area contributed by atoms with Crippen LogP contribution in [0.15, 0.2) is 79.3 Å². The highest BCUT2D eigenvalue weighted by Crippen LogP contribution is 2.54. The van der Waals surface area contributed by atoms with E-state index in [1.165, 1.54) is 10.6 Å². The van der Waals surface area contributed by atoms with Crippen LogP contribution in [0.5, 0.6) is 0 Å². The van der Waals surface area contributed by atoms with Gasteiger partial charge in [-0.3, -0.25) is 0 Å². The molecule has 0 aliphatic carbocycles. The third kappa shape index (κ3) is 3.92. The van der Waals surface area contributed by atoms with Crippen LogP contribution in [0.25, 0.3) is 0 Å². The average molecular weight is 354 g/mol. The topological polar surface area (TPSA) is 35.0 Å². The van der Waals surface area contributed by atoms with E-state index < -0.39 is 13.9 Å². The number of hydrogen-bond donors (Lipinski definition) is 0. The summed E-state index contributed by atoms with van der Waals surface area (Å²) < 4.78 is 18.0. The second kappa shape index (κ2) is 8.80. The molecule has 2 aromatic carbocycles. The maximum Gasteiger partial charge on any atom is 0.195 e. The van der Waals surface area contributed by atoms with Gasteiger partial charge in [-0.25, -0.2) is 14.4 Å². The molecule has 0 atom stereocenters. The van der Waals surface area contributed by atoms with E-state index in [4.69, 9.17) is 4.74 Å². The first kappa shape index (κ1) is 17.7. The Balaban J connectivity index is 2.13. The number of benzene rings is 2. The minimum Gasteiger partial charge on any atom is -0.375 e. The van der Waals surface area contributed by atoms with Crippen LogP contribution in [0.4, 0.5) is 4.39 Å². The minimum absolute atomic E-state index is 0.132. The highest BCUT2D eigenvalue weighted by atomic mass is 31.2. The summed E-state index contributed by atoms with van der Waals surface area (Å²) in [6.07, 6.45) is 4.15. The van der Waals surface area contributed by atoms with Gasteiger partial charge in [0, 0.05) is 12.3 Å². The second-order valence-electron chi connectivity index (χ2n) is 5.57. The van der Waals surface area contributed by atoms with Crippen molar-refractivity contribution in [1.29, 1.82) is 0 Å². The summed E-state index contributed by atoms with van der Waals surface area (Å²) in [5, 5.41) is 2.48. The SMILES string of the molecule is [18F]CCOCC[P+](c1ccccc1)(c1ccccc1)c1ccncn1. The van der Waals surface area contributed by atoms with Crippen LogP contribution < -0.4 is 16.0 Å². The normalized spacial score (nSPS) is 11.4. The summed E-state index contributed by atoms with van der Waals surface area (Å²) in [5.74, 6) is 0. The van der Waals surface area contributed by atoms with Crippen LogP contribution in [0, 0.1) is 0 Å². The summed E-state index contributed by atoms with van der Waals surface area (Å²) in [7, 11) is -1.99. The Labute approximate surface area is 148 Å². The standard InChI is InChI=1S/C20H21FN2OP/c21-12-14-24-15-16-25(18-7-3-1-4-8-18,19-9-5-2-6-10-19)20-11-13-22-17-23-20/h1-11,13,17H,12,14-16H2/q+1/i21-1. The fraction of sp³-hybridized carbons (Fsp3) is 0.200. The fourth-order valence-electron chi connectivity index (χ4n) is 3.02. The average Bonchev–Trinajstić information content (AvgIpc) is 2.70. The fourth-order valence-corrected chi connectivity index (χ4v) is 6.93. The van der Waals surface area contributed by atoms with E-state index in [-0.39, 0.29) is 6.61 Å². The third-order valence-electron chi connectivity index (χ3n) is 4.14. The first-order valence-electron chi connectivity index (χ1n) is 8.27. The van der Waals surface area contributed by atoms with E-state index in [0.29, 0.717) is 6.61 Å². The number of rotatable bonds is 8. The lowest BCUT2D eigenvalue weighted by molar-refractivity contribution is 0.132. The zero-order valence-corrected chi connectivity index (χ0v) is 14.9. The molecule has 128 valence electrons. The lowest BCUT2D eigenvalue weighted by Crippen LogP contribution is -2.36. The molecule has 0 bridgehead atoms. The highest BCUT2D eigenvalue weighted by Gasteiger charge is 2.46. The van der Waals surface area contributed by atoms with Gasteiger partial charge < -0.3 is 4.74 Å². The van der Waals surface area contributed by atoms with E-state index in [1.54, 1.807) is 12.5 Å². The number of alkyl halides is 1. The van der Waals surface area contributed by atoms with Gasteiger partial charge in [-0.15, -0.1) is 0 Å². The Morgan fingerprint density at radius 3 is 2.00 bits per heavy atom. The molecule has 5 heteroatoms. The summed E-state index contributed by atoms with van der Waals surface area (Å²) in [5.41, 5.74) is 1.02. The lowest BCUT2D eigenvalue weighted by Gasteiger charge is -2.26. The van der Waals surface area contributed by atoms with Gasteiger partial charge in [0.25, 0.3) is 0 Å². The molecule has 0 aliphatic rings. The smallest absolute Gasteiger partial charge is 0.195 e. The maximum atomic E-state index is 12.4. The molecule has 25 heavy (non-hydrogen) atoms. The number of aromatic nitrogens is 2. The second-order valence-corrected chi connectivity index (χ2v) is 9.13. The van der Waals surface area contributed by atoms with Gasteiger partial charge in [-0.1, -0.05) is 36.4 Å². The highest BCUT2D eigenvalue weighted by molar-refractivity contribution is 7.95. The molecule has 3 aromatic rings. The lowest BCUT2D eigenvalue weighted by atomic mass is 10.4. The van der Waals surface area contributed by atoms with Crippen molar-refractivity contribution in [3.05, 3.63) is 79.3 Å². The molecule has 0 radical (unpaired) electrons. The van der Waals surface area contributed by atoms with E-state index in [2.05, 4.69) is 58.5 Å². The summed E-state index contributed by atoms with van der Waals surface area (Å²) in [4.78, 5) is 8.69. The van der Waals surface area contributed by atoms with Crippen molar-refractivity contribution in [2.24, 2.45) is 0 Å². The van der Waals surface area contributed by atoms with Gasteiger partial charge >= 0.3 is 0 Å². The van der Waals surface area contributed by atoms with E-state index in [9.17, 15) is 4.39 Å². The Morgan fingerprint density at radius 1 is 0.840 bits per heavy atom. The summed E-state index contributed by atoms with van der Waals surface area (Å²) in [6, 6.07) is 22.8. The Morgan fingerprint density at radius 2 is 1.48 bits per heavy atom. The van der Waals surface area contributed by atoms with E-state index in [1.807, 2.05) is 18.2 Å². The van der Waals surface area contributed by atoms with E-state index in [0.717, 1.165) is 11.6 Å². The van der Waals surface area contributed by atoms with E-state index >= 15 is 0 Å². The van der Waals surface area contributed by atoms with Crippen molar-refractivity contribution in [3.8, 4) is 0 Å². The molecular formula is C20H21FN2OP+. The largest absolute Gasteiger partial charge is 0.375 e. The molecule has 0 aliphatic heterocycles. The Hall–Kier alpha value is -2.16. The van der Waals surface area contributed by atoms with Gasteiger partial charge in [0.1, 0.15) is 30.9 Å². The molecule has 0 fully saturated rings. The molecule has 0 unspecified atom stereocenters. The number of nitrogens with zero attached hydrogens (tertiary/aromatic N) is 2. The predicted octanol–water partition coefficient (Wildman–Crippen LogP) is 2.76. The van der Waals surface area contributed by atoms with Gasteiger partial charge in [0.2, 0.25) is 0 Å². The van der Waals surface area contributed by atoms with Crippen LogP contribution >= 0.6 is 7.26 Å². The van der Waals surface area contributed by atoms with Gasteiger partial charge in [-0.2, -0.15) is 0 Å². The molecule has 0 saturated carbocycles. The predicted molar refractivity (Wildman–Crippen MR) is 102 cm³/mol. The molecule has 1 heterocycles. The van der Waals surface area contributed by atoms with Crippen LogP contribution in [-0.4, -0.2) is 36.0 Å². The summed E-state index contributed by atoms with van der Waals surface area (Å²) >= 11 is 0. The molecule has 1 aromatic heterocycles. The Bertz CT molecular complexity index is 660.